The van der Waals surface area contributed by atoms with Gasteiger partial charge < -0.3 is 5.32 Å². The molecule has 1 N–H and O–H groups in total. The van der Waals surface area contributed by atoms with Gasteiger partial charge in [-0.05, 0) is 19.4 Å². The third kappa shape index (κ3) is 2.65. The molecular formula is C16H15N3O2S. The van der Waals surface area contributed by atoms with E-state index >= 15 is 0 Å². The maximum Gasteiger partial charge on any atom is 0.271 e. The molecule has 2 heterocycles. The van der Waals surface area contributed by atoms with E-state index in [0.717, 1.165) is 16.8 Å². The Kier molecular flexibility index (Phi) is 3.77. The van der Waals surface area contributed by atoms with E-state index in [1.165, 1.54) is 21.9 Å². The number of amides is 1. The second-order valence-corrected chi connectivity index (χ2v) is 5.98. The first-order valence-corrected chi connectivity index (χ1v) is 7.74. The Bertz CT molecular complexity index is 894. The molecule has 0 fully saturated rings. The smallest absolute Gasteiger partial charge is 0.271 e. The summed E-state index contributed by atoms with van der Waals surface area (Å²) in [5, 5.41) is 4.61. The number of rotatable bonds is 3. The van der Waals surface area contributed by atoms with Crippen molar-refractivity contribution in [1.29, 1.82) is 0 Å². The first-order valence-electron chi connectivity index (χ1n) is 6.86. The monoisotopic (exact) mass is 313 g/mol. The Labute approximate surface area is 131 Å². The highest BCUT2D eigenvalue weighted by Crippen LogP contribution is 2.11. The van der Waals surface area contributed by atoms with Gasteiger partial charge in [-0.15, -0.1) is 11.3 Å². The second kappa shape index (κ2) is 5.73. The highest BCUT2D eigenvalue weighted by Gasteiger charge is 2.14. The van der Waals surface area contributed by atoms with Gasteiger partial charge in [-0.25, -0.2) is 4.98 Å². The average molecular weight is 313 g/mol. The molecule has 1 aromatic carbocycles. The van der Waals surface area contributed by atoms with E-state index < -0.39 is 5.91 Å². The predicted molar refractivity (Wildman–Crippen MR) is 86.4 cm³/mol. The maximum atomic E-state index is 12.4. The molecule has 3 rings (SSSR count). The van der Waals surface area contributed by atoms with Crippen LogP contribution >= 0.6 is 11.3 Å². The summed E-state index contributed by atoms with van der Waals surface area (Å²) < 4.78 is 1.46. The highest BCUT2D eigenvalue weighted by molar-refractivity contribution is 7.15. The average Bonchev–Trinajstić information content (AvgIpc) is 2.89. The van der Waals surface area contributed by atoms with Crippen LogP contribution in [-0.4, -0.2) is 15.3 Å². The van der Waals surface area contributed by atoms with Crippen LogP contribution in [0.2, 0.25) is 0 Å². The predicted octanol–water partition coefficient (Wildman–Crippen LogP) is 2.30. The summed E-state index contributed by atoms with van der Waals surface area (Å²) >= 11 is 1.38. The first-order chi connectivity index (χ1) is 10.6. The summed E-state index contributed by atoms with van der Waals surface area (Å²) in [5.41, 5.74) is 2.66. The van der Waals surface area contributed by atoms with Crippen LogP contribution in [0.4, 0.5) is 0 Å². The lowest BCUT2D eigenvalue weighted by molar-refractivity contribution is 0.0949. The summed E-state index contributed by atoms with van der Waals surface area (Å²) in [6.45, 7) is 4.21. The zero-order valence-corrected chi connectivity index (χ0v) is 13.1. The molecule has 0 saturated carbocycles. The van der Waals surface area contributed by atoms with Crippen LogP contribution in [0.1, 0.15) is 27.2 Å². The number of nitrogens with one attached hydrogen (secondary N) is 1. The van der Waals surface area contributed by atoms with Crippen LogP contribution in [-0.2, 0) is 6.54 Å². The van der Waals surface area contributed by atoms with E-state index in [9.17, 15) is 9.59 Å². The highest BCUT2D eigenvalue weighted by atomic mass is 32.1. The number of aryl methyl sites for hydroxylation is 2. The first kappa shape index (κ1) is 14.5. The zero-order valence-electron chi connectivity index (χ0n) is 12.3. The number of hydrogen-bond donors (Lipinski definition) is 1. The van der Waals surface area contributed by atoms with Crippen molar-refractivity contribution in [3.63, 3.8) is 0 Å². The van der Waals surface area contributed by atoms with Crippen LogP contribution in [0, 0.1) is 13.8 Å². The number of aromatic nitrogens is 2. The number of benzene rings is 1. The standard InChI is InChI=1S/C16H15N3O2S/c1-10-3-5-12(6-4-10)7-17-14(20)13-8-18-16-19(15(13)21)11(2)9-22-16/h3-6,8-9H,7H2,1-2H3,(H,17,20). The third-order valence-corrected chi connectivity index (χ3v) is 4.39. The van der Waals surface area contributed by atoms with Crippen molar-refractivity contribution < 1.29 is 4.79 Å². The molecule has 112 valence electrons. The molecule has 0 radical (unpaired) electrons. The minimum absolute atomic E-state index is 0.0612. The third-order valence-electron chi connectivity index (χ3n) is 3.43. The van der Waals surface area contributed by atoms with Gasteiger partial charge in [-0.1, -0.05) is 29.8 Å². The fourth-order valence-corrected chi connectivity index (χ4v) is 2.99. The lowest BCUT2D eigenvalue weighted by Crippen LogP contribution is -2.31. The molecule has 0 aliphatic rings. The van der Waals surface area contributed by atoms with Gasteiger partial charge in [-0.3, -0.25) is 14.0 Å². The minimum Gasteiger partial charge on any atom is -0.348 e. The van der Waals surface area contributed by atoms with Crippen LogP contribution in [0.15, 0.2) is 40.6 Å². The minimum atomic E-state index is -0.405. The quantitative estimate of drug-likeness (QED) is 0.807. The summed E-state index contributed by atoms with van der Waals surface area (Å²) in [4.78, 5) is 29.4. The van der Waals surface area contributed by atoms with Crippen molar-refractivity contribution in [3.05, 3.63) is 68.6 Å². The molecule has 0 bridgehead atoms. The normalized spacial score (nSPS) is 10.8. The van der Waals surface area contributed by atoms with Crippen molar-refractivity contribution in [2.45, 2.75) is 20.4 Å². The van der Waals surface area contributed by atoms with E-state index in [0.29, 0.717) is 11.5 Å². The molecule has 2 aromatic heterocycles. The number of thiazole rings is 1. The molecule has 0 aliphatic carbocycles. The van der Waals surface area contributed by atoms with Crippen molar-refractivity contribution >= 4 is 22.2 Å². The molecule has 0 saturated heterocycles. The van der Waals surface area contributed by atoms with Gasteiger partial charge in [0.25, 0.3) is 11.5 Å². The molecule has 1 amide bonds. The molecule has 5 nitrogen and oxygen atoms in total. The summed E-state index contributed by atoms with van der Waals surface area (Å²) in [5.74, 6) is -0.405. The van der Waals surface area contributed by atoms with Crippen LogP contribution in [0.25, 0.3) is 4.96 Å². The van der Waals surface area contributed by atoms with Crippen LogP contribution < -0.4 is 10.9 Å². The van der Waals surface area contributed by atoms with Crippen LogP contribution in [0.5, 0.6) is 0 Å². The topological polar surface area (TPSA) is 63.5 Å². The van der Waals surface area contributed by atoms with E-state index in [-0.39, 0.29) is 11.1 Å². The molecule has 0 aliphatic heterocycles. The van der Waals surface area contributed by atoms with E-state index in [4.69, 9.17) is 0 Å². The number of hydrogen-bond acceptors (Lipinski definition) is 4. The summed E-state index contributed by atoms with van der Waals surface area (Å²) in [6.07, 6.45) is 1.35. The molecule has 3 aromatic rings. The fourth-order valence-electron chi connectivity index (χ4n) is 2.16. The van der Waals surface area contributed by atoms with Gasteiger partial charge in [0.15, 0.2) is 4.96 Å². The number of carbonyl (C=O) groups is 1. The Hall–Kier alpha value is -2.47. The van der Waals surface area contributed by atoms with Gasteiger partial charge in [-0.2, -0.15) is 0 Å². The lowest BCUT2D eigenvalue weighted by atomic mass is 10.1. The van der Waals surface area contributed by atoms with Crippen molar-refractivity contribution in [2.24, 2.45) is 0 Å². The fraction of sp³-hybridized carbons (Fsp3) is 0.188. The van der Waals surface area contributed by atoms with E-state index in [1.807, 2.05) is 43.5 Å². The van der Waals surface area contributed by atoms with E-state index in [1.54, 1.807) is 0 Å². The Morgan fingerprint density at radius 2 is 2.00 bits per heavy atom. The molecule has 0 unspecified atom stereocenters. The van der Waals surface area contributed by atoms with Gasteiger partial charge >= 0.3 is 0 Å². The number of carbonyl (C=O) groups excluding carboxylic acids is 1. The van der Waals surface area contributed by atoms with Crippen LogP contribution in [0.3, 0.4) is 0 Å². The molecule has 22 heavy (non-hydrogen) atoms. The lowest BCUT2D eigenvalue weighted by Gasteiger charge is -2.06. The molecule has 0 atom stereocenters. The van der Waals surface area contributed by atoms with Gasteiger partial charge in [0.1, 0.15) is 5.56 Å². The van der Waals surface area contributed by atoms with Crippen molar-refractivity contribution in [2.75, 3.05) is 0 Å². The maximum absolute atomic E-state index is 12.4. The Morgan fingerprint density at radius 3 is 2.73 bits per heavy atom. The van der Waals surface area contributed by atoms with Gasteiger partial charge in [0.05, 0.1) is 0 Å². The van der Waals surface area contributed by atoms with Gasteiger partial charge in [0, 0.05) is 23.8 Å². The summed E-state index contributed by atoms with van der Waals surface area (Å²) in [7, 11) is 0. The van der Waals surface area contributed by atoms with Crippen molar-refractivity contribution in [3.8, 4) is 0 Å². The Morgan fingerprint density at radius 1 is 1.27 bits per heavy atom. The van der Waals surface area contributed by atoms with Gasteiger partial charge in [0.2, 0.25) is 0 Å². The molecule has 0 spiro atoms. The molecule has 6 heteroatoms. The van der Waals surface area contributed by atoms with E-state index in [2.05, 4.69) is 10.3 Å². The van der Waals surface area contributed by atoms with Crippen molar-refractivity contribution in [1.82, 2.24) is 14.7 Å². The SMILES string of the molecule is Cc1ccc(CNC(=O)c2cnc3scc(C)n3c2=O)cc1. The number of fused-ring (bicyclic) bond motifs is 1. The second-order valence-electron chi connectivity index (χ2n) is 5.14. The molecular weight excluding hydrogens is 298 g/mol. The largest absolute Gasteiger partial charge is 0.348 e. The Balaban J connectivity index is 1.83. The zero-order chi connectivity index (χ0) is 15.7. The number of nitrogens with zero attached hydrogens (tertiary/aromatic N) is 2. The summed E-state index contributed by atoms with van der Waals surface area (Å²) in [6, 6.07) is 7.87.